The Morgan fingerprint density at radius 2 is 2.00 bits per heavy atom. The van der Waals surface area contributed by atoms with Crippen molar-refractivity contribution in [2.24, 2.45) is 5.10 Å². The molecule has 0 bridgehead atoms. The highest BCUT2D eigenvalue weighted by molar-refractivity contribution is 7.13. The molecule has 0 saturated carbocycles. The number of carbonyl (C=O) groups excluding carboxylic acids is 2. The number of benzene rings is 1. The molecule has 3 aromatic rings. The number of hydrogen-bond acceptors (Lipinski definition) is 5. The molecule has 148 valence electrons. The van der Waals surface area contributed by atoms with Gasteiger partial charge in [0.05, 0.1) is 17.6 Å². The molecule has 3 heterocycles. The number of hydrogen-bond donors (Lipinski definition) is 1. The molecule has 1 aromatic carbocycles. The summed E-state index contributed by atoms with van der Waals surface area (Å²) < 4.78 is 1.84. The molecule has 7 nitrogen and oxygen atoms in total. The van der Waals surface area contributed by atoms with Crippen molar-refractivity contribution in [2.75, 3.05) is 0 Å². The van der Waals surface area contributed by atoms with E-state index in [1.165, 1.54) is 6.21 Å². The van der Waals surface area contributed by atoms with Crippen LogP contribution in [-0.4, -0.2) is 38.5 Å². The van der Waals surface area contributed by atoms with E-state index in [1.807, 2.05) is 65.6 Å². The van der Waals surface area contributed by atoms with Crippen LogP contribution in [0.4, 0.5) is 4.79 Å². The Hall–Kier alpha value is -3.26. The van der Waals surface area contributed by atoms with E-state index in [1.54, 1.807) is 18.3 Å². The third kappa shape index (κ3) is 3.71. The SMILES string of the molecule is CCC1(C)NC(=O)N(N=Cc2cn(Cc3ccccc3)nc2-c2cccs2)C1=O. The van der Waals surface area contributed by atoms with Crippen molar-refractivity contribution in [3.63, 3.8) is 0 Å². The number of imide groups is 1. The van der Waals surface area contributed by atoms with Gasteiger partial charge < -0.3 is 5.32 Å². The van der Waals surface area contributed by atoms with Gasteiger partial charge in [-0.05, 0) is 30.4 Å². The first-order chi connectivity index (χ1) is 14.0. The first-order valence-electron chi connectivity index (χ1n) is 9.36. The number of nitrogens with one attached hydrogen (secondary N) is 1. The summed E-state index contributed by atoms with van der Waals surface area (Å²) in [6.07, 6.45) is 3.91. The quantitative estimate of drug-likeness (QED) is 0.500. The number of urea groups is 1. The zero-order chi connectivity index (χ0) is 20.4. The predicted octanol–water partition coefficient (Wildman–Crippen LogP) is 3.71. The predicted molar refractivity (Wildman–Crippen MR) is 113 cm³/mol. The Labute approximate surface area is 172 Å². The monoisotopic (exact) mass is 407 g/mol. The van der Waals surface area contributed by atoms with Gasteiger partial charge in [0.2, 0.25) is 0 Å². The molecule has 3 amide bonds. The minimum absolute atomic E-state index is 0.351. The second-order valence-corrected chi connectivity index (χ2v) is 8.02. The molecular formula is C21H21N5O2S. The first kappa shape index (κ1) is 19.1. The Balaban J connectivity index is 1.65. The van der Waals surface area contributed by atoms with E-state index in [9.17, 15) is 9.59 Å². The Morgan fingerprint density at radius 1 is 1.21 bits per heavy atom. The number of amides is 3. The molecule has 1 N–H and O–H groups in total. The van der Waals surface area contributed by atoms with E-state index in [-0.39, 0.29) is 5.91 Å². The van der Waals surface area contributed by atoms with E-state index in [0.29, 0.717) is 13.0 Å². The van der Waals surface area contributed by atoms with Gasteiger partial charge in [0, 0.05) is 11.8 Å². The van der Waals surface area contributed by atoms with Crippen molar-refractivity contribution in [1.29, 1.82) is 0 Å². The lowest BCUT2D eigenvalue weighted by atomic mass is 10.00. The van der Waals surface area contributed by atoms with Crippen LogP contribution in [0.2, 0.25) is 0 Å². The van der Waals surface area contributed by atoms with Gasteiger partial charge >= 0.3 is 6.03 Å². The van der Waals surface area contributed by atoms with Crippen molar-refractivity contribution in [1.82, 2.24) is 20.1 Å². The zero-order valence-corrected chi connectivity index (χ0v) is 17.0. The van der Waals surface area contributed by atoms with Gasteiger partial charge in [-0.3, -0.25) is 9.48 Å². The molecule has 1 atom stereocenters. The lowest BCUT2D eigenvalue weighted by Crippen LogP contribution is -2.42. The summed E-state index contributed by atoms with van der Waals surface area (Å²) in [6.45, 7) is 4.18. The minimum atomic E-state index is -0.914. The van der Waals surface area contributed by atoms with Crippen LogP contribution in [-0.2, 0) is 11.3 Å². The summed E-state index contributed by atoms with van der Waals surface area (Å²) in [4.78, 5) is 25.8. The Morgan fingerprint density at radius 3 is 2.66 bits per heavy atom. The third-order valence-electron chi connectivity index (χ3n) is 4.99. The van der Waals surface area contributed by atoms with E-state index in [4.69, 9.17) is 5.10 Å². The summed E-state index contributed by atoms with van der Waals surface area (Å²) in [5, 5.41) is 14.5. The molecule has 0 spiro atoms. The van der Waals surface area contributed by atoms with Gasteiger partial charge in [0.15, 0.2) is 0 Å². The first-order valence-corrected chi connectivity index (χ1v) is 10.2. The summed E-state index contributed by atoms with van der Waals surface area (Å²) in [6, 6.07) is 13.5. The van der Waals surface area contributed by atoms with Crippen LogP contribution in [0.15, 0.2) is 59.1 Å². The van der Waals surface area contributed by atoms with Gasteiger partial charge in [0.1, 0.15) is 11.2 Å². The van der Waals surface area contributed by atoms with Crippen LogP contribution in [0.25, 0.3) is 10.6 Å². The third-order valence-corrected chi connectivity index (χ3v) is 5.87. The summed E-state index contributed by atoms with van der Waals surface area (Å²) >= 11 is 1.58. The number of hydrazone groups is 1. The molecule has 1 fully saturated rings. The Bertz CT molecular complexity index is 1060. The second kappa shape index (κ2) is 7.63. The molecule has 29 heavy (non-hydrogen) atoms. The smallest absolute Gasteiger partial charge is 0.322 e. The van der Waals surface area contributed by atoms with Gasteiger partial charge in [-0.2, -0.15) is 10.2 Å². The lowest BCUT2D eigenvalue weighted by Gasteiger charge is -2.17. The van der Waals surface area contributed by atoms with Crippen LogP contribution < -0.4 is 5.32 Å². The van der Waals surface area contributed by atoms with Crippen LogP contribution in [0.3, 0.4) is 0 Å². The topological polar surface area (TPSA) is 79.6 Å². The van der Waals surface area contributed by atoms with E-state index in [0.717, 1.165) is 26.7 Å². The highest BCUT2D eigenvalue weighted by Gasteiger charge is 2.46. The number of nitrogens with zero attached hydrogens (tertiary/aromatic N) is 4. The van der Waals surface area contributed by atoms with Gasteiger partial charge in [-0.15, -0.1) is 16.3 Å². The normalized spacial score (nSPS) is 19.3. The standard InChI is InChI=1S/C21H21N5O2S/c1-3-21(2)19(27)26(20(28)23-21)22-12-16-14-25(13-15-8-5-4-6-9-15)24-18(16)17-10-7-11-29-17/h4-12,14H,3,13H2,1-2H3,(H,23,28). The lowest BCUT2D eigenvalue weighted by molar-refractivity contribution is -0.130. The number of carbonyl (C=O) groups is 2. The highest BCUT2D eigenvalue weighted by Crippen LogP contribution is 2.27. The zero-order valence-electron chi connectivity index (χ0n) is 16.2. The average Bonchev–Trinajstić information content (AvgIpc) is 3.42. The van der Waals surface area contributed by atoms with Crippen molar-refractivity contribution in [2.45, 2.75) is 32.4 Å². The summed E-state index contributed by atoms with van der Waals surface area (Å²) in [5.74, 6) is -0.351. The van der Waals surface area contributed by atoms with Crippen LogP contribution in [0.1, 0.15) is 31.4 Å². The molecule has 1 aliphatic rings. The van der Waals surface area contributed by atoms with Crippen molar-refractivity contribution in [3.8, 4) is 10.6 Å². The molecule has 2 aromatic heterocycles. The maximum atomic E-state index is 12.6. The fraction of sp³-hybridized carbons (Fsp3) is 0.238. The highest BCUT2D eigenvalue weighted by atomic mass is 32.1. The van der Waals surface area contributed by atoms with Crippen molar-refractivity contribution >= 4 is 29.5 Å². The van der Waals surface area contributed by atoms with Crippen LogP contribution >= 0.6 is 11.3 Å². The van der Waals surface area contributed by atoms with Crippen LogP contribution in [0.5, 0.6) is 0 Å². The van der Waals surface area contributed by atoms with Crippen molar-refractivity contribution < 1.29 is 9.59 Å². The number of thiophene rings is 1. The van der Waals surface area contributed by atoms with Crippen LogP contribution in [0, 0.1) is 0 Å². The van der Waals surface area contributed by atoms with Gasteiger partial charge in [0.25, 0.3) is 5.91 Å². The van der Waals surface area contributed by atoms with Gasteiger partial charge in [-0.1, -0.05) is 43.3 Å². The fourth-order valence-corrected chi connectivity index (χ4v) is 3.85. The largest absolute Gasteiger partial charge is 0.346 e. The molecule has 1 unspecified atom stereocenters. The number of rotatable bonds is 6. The van der Waals surface area contributed by atoms with Gasteiger partial charge in [-0.25, -0.2) is 4.79 Å². The summed E-state index contributed by atoms with van der Waals surface area (Å²) in [5.41, 5.74) is 1.73. The fourth-order valence-electron chi connectivity index (χ4n) is 3.12. The molecule has 4 rings (SSSR count). The molecule has 0 radical (unpaired) electrons. The minimum Gasteiger partial charge on any atom is -0.322 e. The van der Waals surface area contributed by atoms with E-state index < -0.39 is 11.6 Å². The maximum absolute atomic E-state index is 12.6. The maximum Gasteiger partial charge on any atom is 0.346 e. The molecule has 1 saturated heterocycles. The van der Waals surface area contributed by atoms with Crippen molar-refractivity contribution in [3.05, 3.63) is 65.2 Å². The molecule has 0 aliphatic carbocycles. The molecule has 1 aliphatic heterocycles. The molecular weight excluding hydrogens is 386 g/mol. The second-order valence-electron chi connectivity index (χ2n) is 7.07. The summed E-state index contributed by atoms with van der Waals surface area (Å²) in [7, 11) is 0. The average molecular weight is 407 g/mol. The number of aromatic nitrogens is 2. The van der Waals surface area contributed by atoms with E-state index in [2.05, 4.69) is 10.4 Å². The molecule has 8 heteroatoms. The Kier molecular flexibility index (Phi) is 5.02. The van der Waals surface area contributed by atoms with E-state index >= 15 is 0 Å².